The molecule has 20 heavy (non-hydrogen) atoms. The average Bonchev–Trinajstić information content (AvgIpc) is 3.01. The molecule has 1 aromatic rings. The van der Waals surface area contributed by atoms with E-state index in [1.807, 2.05) is 0 Å². The smallest absolute Gasteiger partial charge is 0.0434 e. The van der Waals surface area contributed by atoms with E-state index < -0.39 is 0 Å². The summed E-state index contributed by atoms with van der Waals surface area (Å²) < 4.78 is 0. The van der Waals surface area contributed by atoms with E-state index in [0.29, 0.717) is 12.5 Å². The Labute approximate surface area is 123 Å². The summed E-state index contributed by atoms with van der Waals surface area (Å²) in [5.74, 6) is 0.582. The van der Waals surface area contributed by atoms with Gasteiger partial charge in [-0.25, -0.2) is 0 Å². The third-order valence-electron chi connectivity index (χ3n) is 4.30. The van der Waals surface area contributed by atoms with Crippen molar-refractivity contribution in [2.24, 2.45) is 5.92 Å². The summed E-state index contributed by atoms with van der Waals surface area (Å²) in [5, 5.41) is 12.6. The van der Waals surface area contributed by atoms with Gasteiger partial charge in [0.2, 0.25) is 0 Å². The number of hydrogen-bond acceptors (Lipinski definition) is 3. The van der Waals surface area contributed by atoms with E-state index in [1.54, 1.807) is 0 Å². The molecule has 1 aromatic carbocycles. The predicted octanol–water partition coefficient (Wildman–Crippen LogP) is 2.79. The van der Waals surface area contributed by atoms with Crippen LogP contribution < -0.4 is 10.2 Å². The van der Waals surface area contributed by atoms with E-state index in [1.165, 1.54) is 37.2 Å². The Morgan fingerprint density at radius 2 is 2.00 bits per heavy atom. The minimum absolute atomic E-state index is 0.296. The monoisotopic (exact) mass is 276 g/mol. The molecule has 1 atom stereocenters. The van der Waals surface area contributed by atoms with Gasteiger partial charge in [-0.2, -0.15) is 0 Å². The highest BCUT2D eigenvalue weighted by Crippen LogP contribution is 2.24. The van der Waals surface area contributed by atoms with Gasteiger partial charge in [0.1, 0.15) is 0 Å². The van der Waals surface area contributed by atoms with Crippen LogP contribution >= 0.6 is 0 Å². The van der Waals surface area contributed by atoms with E-state index >= 15 is 0 Å². The lowest BCUT2D eigenvalue weighted by Crippen LogP contribution is -2.25. The molecular weight excluding hydrogens is 248 g/mol. The second kappa shape index (κ2) is 8.28. The summed E-state index contributed by atoms with van der Waals surface area (Å²) in [4.78, 5) is 2.50. The van der Waals surface area contributed by atoms with Crippen molar-refractivity contribution in [3.8, 4) is 0 Å². The number of nitrogens with one attached hydrogen (secondary N) is 1. The number of anilines is 1. The zero-order valence-electron chi connectivity index (χ0n) is 12.6. The molecule has 0 saturated carbocycles. The number of aliphatic hydroxyl groups is 1. The number of rotatable bonds is 8. The molecule has 1 unspecified atom stereocenters. The molecule has 0 spiro atoms. The fraction of sp³-hybridized carbons (Fsp3) is 0.647. The third kappa shape index (κ3) is 4.22. The molecule has 3 heteroatoms. The van der Waals surface area contributed by atoms with E-state index in [-0.39, 0.29) is 0 Å². The molecule has 0 aromatic heterocycles. The van der Waals surface area contributed by atoms with Gasteiger partial charge in [0.05, 0.1) is 0 Å². The fourth-order valence-electron chi connectivity index (χ4n) is 2.97. The van der Waals surface area contributed by atoms with Crippen LogP contribution in [0.25, 0.3) is 0 Å². The average molecular weight is 276 g/mol. The molecule has 2 N–H and O–H groups in total. The molecule has 0 bridgehead atoms. The maximum absolute atomic E-state index is 9.04. The minimum atomic E-state index is 0.296. The summed E-state index contributed by atoms with van der Waals surface area (Å²) >= 11 is 0. The second-order valence-corrected chi connectivity index (χ2v) is 5.74. The van der Waals surface area contributed by atoms with Gasteiger partial charge in [-0.3, -0.25) is 0 Å². The molecule has 0 amide bonds. The van der Waals surface area contributed by atoms with Gasteiger partial charge in [-0.05, 0) is 43.4 Å². The lowest BCUT2D eigenvalue weighted by Gasteiger charge is -2.22. The van der Waals surface area contributed by atoms with Crippen LogP contribution in [-0.4, -0.2) is 31.3 Å². The first-order chi connectivity index (χ1) is 9.85. The number of hydrogen-bond donors (Lipinski definition) is 2. The molecule has 1 aliphatic rings. The van der Waals surface area contributed by atoms with Crippen molar-refractivity contribution in [1.29, 1.82) is 0 Å². The van der Waals surface area contributed by atoms with E-state index in [2.05, 4.69) is 41.4 Å². The van der Waals surface area contributed by atoms with Gasteiger partial charge in [-0.1, -0.05) is 31.5 Å². The van der Waals surface area contributed by atoms with Crippen LogP contribution in [0.3, 0.4) is 0 Å². The van der Waals surface area contributed by atoms with Crippen molar-refractivity contribution in [2.45, 2.75) is 39.2 Å². The van der Waals surface area contributed by atoms with Gasteiger partial charge in [0.15, 0.2) is 0 Å². The molecular formula is C17H28N2O. The summed E-state index contributed by atoms with van der Waals surface area (Å²) in [6.45, 7) is 6.79. The predicted molar refractivity (Wildman–Crippen MR) is 85.1 cm³/mol. The molecule has 2 rings (SSSR count). The topological polar surface area (TPSA) is 35.5 Å². The van der Waals surface area contributed by atoms with Gasteiger partial charge < -0.3 is 15.3 Å². The fourth-order valence-corrected chi connectivity index (χ4v) is 2.97. The van der Waals surface area contributed by atoms with E-state index in [4.69, 9.17) is 5.11 Å². The Hall–Kier alpha value is -1.06. The molecule has 1 aliphatic heterocycles. The van der Waals surface area contributed by atoms with E-state index in [0.717, 1.165) is 25.9 Å². The minimum Gasteiger partial charge on any atom is -0.396 e. The van der Waals surface area contributed by atoms with Crippen molar-refractivity contribution in [1.82, 2.24) is 5.32 Å². The maximum atomic E-state index is 9.04. The van der Waals surface area contributed by atoms with Crippen LogP contribution in [0.2, 0.25) is 0 Å². The van der Waals surface area contributed by atoms with Crippen LogP contribution in [-0.2, 0) is 6.54 Å². The number of para-hydroxylation sites is 1. The Bertz CT molecular complexity index is 388. The van der Waals surface area contributed by atoms with Crippen LogP contribution in [0.5, 0.6) is 0 Å². The van der Waals surface area contributed by atoms with Gasteiger partial charge in [0.25, 0.3) is 0 Å². The first-order valence-corrected chi connectivity index (χ1v) is 7.99. The standard InChI is InChI=1S/C17H28N2O/c1-2-15(9-12-20)13-18-14-16-7-3-4-8-17(16)19-10-5-6-11-19/h3-4,7-8,15,18,20H,2,5-6,9-14H2,1H3. The summed E-state index contributed by atoms with van der Waals surface area (Å²) in [6, 6.07) is 8.74. The zero-order valence-corrected chi connectivity index (χ0v) is 12.6. The lowest BCUT2D eigenvalue weighted by molar-refractivity contribution is 0.251. The Morgan fingerprint density at radius 1 is 1.25 bits per heavy atom. The quantitative estimate of drug-likeness (QED) is 0.766. The maximum Gasteiger partial charge on any atom is 0.0434 e. The van der Waals surface area contributed by atoms with Crippen molar-refractivity contribution >= 4 is 5.69 Å². The number of benzene rings is 1. The molecule has 3 nitrogen and oxygen atoms in total. The van der Waals surface area contributed by atoms with Gasteiger partial charge >= 0.3 is 0 Å². The van der Waals surface area contributed by atoms with Crippen LogP contribution in [0.15, 0.2) is 24.3 Å². The van der Waals surface area contributed by atoms with Crippen molar-refractivity contribution in [2.75, 3.05) is 31.1 Å². The van der Waals surface area contributed by atoms with E-state index in [9.17, 15) is 0 Å². The first kappa shape index (κ1) is 15.3. The molecule has 0 aliphatic carbocycles. The van der Waals surface area contributed by atoms with Gasteiger partial charge in [0, 0.05) is 31.9 Å². The molecule has 0 radical (unpaired) electrons. The SMILES string of the molecule is CCC(CCO)CNCc1ccccc1N1CCCC1. The highest BCUT2D eigenvalue weighted by Gasteiger charge is 2.15. The molecule has 1 fully saturated rings. The van der Waals surface area contributed by atoms with Crippen molar-refractivity contribution in [3.63, 3.8) is 0 Å². The zero-order chi connectivity index (χ0) is 14.2. The summed E-state index contributed by atoms with van der Waals surface area (Å²) in [5.41, 5.74) is 2.79. The highest BCUT2D eigenvalue weighted by molar-refractivity contribution is 5.54. The summed E-state index contributed by atoms with van der Waals surface area (Å²) in [7, 11) is 0. The summed E-state index contributed by atoms with van der Waals surface area (Å²) in [6.07, 6.45) is 4.66. The third-order valence-corrected chi connectivity index (χ3v) is 4.30. The van der Waals surface area contributed by atoms with Gasteiger partial charge in [-0.15, -0.1) is 0 Å². The Balaban J connectivity index is 1.89. The largest absolute Gasteiger partial charge is 0.396 e. The first-order valence-electron chi connectivity index (χ1n) is 7.99. The Morgan fingerprint density at radius 3 is 2.70 bits per heavy atom. The van der Waals surface area contributed by atoms with Crippen molar-refractivity contribution in [3.05, 3.63) is 29.8 Å². The molecule has 1 saturated heterocycles. The second-order valence-electron chi connectivity index (χ2n) is 5.74. The highest BCUT2D eigenvalue weighted by atomic mass is 16.3. The molecule has 1 heterocycles. The van der Waals surface area contributed by atoms with Crippen LogP contribution in [0, 0.1) is 5.92 Å². The number of nitrogens with zero attached hydrogens (tertiary/aromatic N) is 1. The lowest BCUT2D eigenvalue weighted by atomic mass is 10.0. The Kier molecular flexibility index (Phi) is 6.34. The van der Waals surface area contributed by atoms with Crippen LogP contribution in [0.1, 0.15) is 38.2 Å². The van der Waals surface area contributed by atoms with Crippen molar-refractivity contribution < 1.29 is 5.11 Å². The molecule has 112 valence electrons. The van der Waals surface area contributed by atoms with Crippen LogP contribution in [0.4, 0.5) is 5.69 Å². The normalized spacial score (nSPS) is 16.6. The number of aliphatic hydroxyl groups excluding tert-OH is 1.